The molecule has 0 aliphatic heterocycles. The van der Waals surface area contributed by atoms with E-state index in [1.807, 2.05) is 72.8 Å². The van der Waals surface area contributed by atoms with Gasteiger partial charge in [-0.15, -0.1) is 0 Å². The average Bonchev–Trinajstić information content (AvgIpc) is 3.87. The molecule has 0 aliphatic rings. The minimum atomic E-state index is 0.593. The van der Waals surface area contributed by atoms with Crippen molar-refractivity contribution in [2.24, 2.45) is 0 Å². The van der Waals surface area contributed by atoms with Crippen LogP contribution in [0.1, 0.15) is 0 Å². The van der Waals surface area contributed by atoms with Crippen LogP contribution >= 0.6 is 0 Å². The Kier molecular flexibility index (Phi) is 7.38. The standard InChI is InChI=1S/C50H31N5O/c1-4-14-33(15-5-1)47-52-48(54-49(53-47)37-26-28-41-40-23-10-11-25-43(40)55(44(41)31-37)38-21-8-3-9-22-38)36-20-12-19-35(30-36)39-24-13-18-32-27-29-42-46(45(32)39)56-50(51-42)34-16-6-2-7-17-34/h1-31H. The summed E-state index contributed by atoms with van der Waals surface area (Å²) in [6, 6.07) is 64.6. The molecule has 6 heteroatoms. The molecule has 56 heavy (non-hydrogen) atoms. The Morgan fingerprint density at radius 1 is 0.393 bits per heavy atom. The summed E-state index contributed by atoms with van der Waals surface area (Å²) in [7, 11) is 0. The van der Waals surface area contributed by atoms with Gasteiger partial charge in [0.25, 0.3) is 0 Å². The highest BCUT2D eigenvalue weighted by atomic mass is 16.3. The van der Waals surface area contributed by atoms with Crippen LogP contribution in [0.4, 0.5) is 0 Å². The highest BCUT2D eigenvalue weighted by molar-refractivity contribution is 6.12. The number of nitrogens with zero attached hydrogens (tertiary/aromatic N) is 5. The molecule has 3 aromatic heterocycles. The highest BCUT2D eigenvalue weighted by Gasteiger charge is 2.19. The molecular formula is C50H31N5O. The zero-order valence-corrected chi connectivity index (χ0v) is 30.0. The number of hydrogen-bond donors (Lipinski definition) is 0. The molecule has 0 radical (unpaired) electrons. The molecule has 11 rings (SSSR count). The van der Waals surface area contributed by atoms with E-state index in [1.165, 1.54) is 10.8 Å². The van der Waals surface area contributed by atoms with Crippen LogP contribution < -0.4 is 0 Å². The average molecular weight is 718 g/mol. The Morgan fingerprint density at radius 2 is 1.00 bits per heavy atom. The summed E-state index contributed by atoms with van der Waals surface area (Å²) in [5.41, 5.74) is 10.6. The molecule has 0 fully saturated rings. The van der Waals surface area contributed by atoms with Crippen LogP contribution in [0, 0.1) is 0 Å². The van der Waals surface area contributed by atoms with Gasteiger partial charge in [0, 0.05) is 44.1 Å². The fourth-order valence-electron chi connectivity index (χ4n) is 7.84. The van der Waals surface area contributed by atoms with E-state index < -0.39 is 0 Å². The van der Waals surface area contributed by atoms with Crippen LogP contribution in [0.25, 0.3) is 106 Å². The molecule has 0 bridgehead atoms. The number of fused-ring (bicyclic) bond motifs is 6. The lowest BCUT2D eigenvalue weighted by Crippen LogP contribution is -2.00. The Balaban J connectivity index is 1.08. The fourth-order valence-corrected chi connectivity index (χ4v) is 7.84. The van der Waals surface area contributed by atoms with Crippen molar-refractivity contribution in [1.29, 1.82) is 0 Å². The lowest BCUT2D eigenvalue weighted by Gasteiger charge is -2.12. The van der Waals surface area contributed by atoms with Crippen LogP contribution in [0.5, 0.6) is 0 Å². The summed E-state index contributed by atoms with van der Waals surface area (Å²) >= 11 is 0. The van der Waals surface area contributed by atoms with E-state index in [4.69, 9.17) is 24.4 Å². The van der Waals surface area contributed by atoms with Crippen LogP contribution in [0.3, 0.4) is 0 Å². The van der Waals surface area contributed by atoms with Gasteiger partial charge in [-0.25, -0.2) is 19.9 Å². The summed E-state index contributed by atoms with van der Waals surface area (Å²) < 4.78 is 8.83. The van der Waals surface area contributed by atoms with Gasteiger partial charge < -0.3 is 8.98 Å². The largest absolute Gasteiger partial charge is 0.435 e. The lowest BCUT2D eigenvalue weighted by molar-refractivity contribution is 0.623. The highest BCUT2D eigenvalue weighted by Crippen LogP contribution is 2.39. The van der Waals surface area contributed by atoms with Gasteiger partial charge >= 0.3 is 0 Å². The van der Waals surface area contributed by atoms with Gasteiger partial charge in [0.2, 0.25) is 5.89 Å². The molecule has 0 aliphatic carbocycles. The lowest BCUT2D eigenvalue weighted by atomic mass is 9.96. The minimum Gasteiger partial charge on any atom is -0.435 e. The van der Waals surface area contributed by atoms with Crippen molar-refractivity contribution >= 4 is 43.7 Å². The number of hydrogen-bond acceptors (Lipinski definition) is 5. The van der Waals surface area contributed by atoms with Gasteiger partial charge in [-0.05, 0) is 65.0 Å². The minimum absolute atomic E-state index is 0.593. The van der Waals surface area contributed by atoms with E-state index >= 15 is 0 Å². The van der Waals surface area contributed by atoms with Crippen LogP contribution in [-0.2, 0) is 0 Å². The molecule has 11 aromatic rings. The molecule has 3 heterocycles. The second kappa shape index (κ2) is 13.0. The Hall–Kier alpha value is -7.70. The molecule has 8 aromatic carbocycles. The van der Waals surface area contributed by atoms with Crippen LogP contribution in [-0.4, -0.2) is 24.5 Å². The van der Waals surface area contributed by atoms with E-state index in [0.29, 0.717) is 23.4 Å². The summed E-state index contributed by atoms with van der Waals surface area (Å²) in [5.74, 6) is 2.41. The third-order valence-corrected chi connectivity index (χ3v) is 10.5. The van der Waals surface area contributed by atoms with Crippen molar-refractivity contribution < 1.29 is 4.42 Å². The summed E-state index contributed by atoms with van der Waals surface area (Å²) in [5, 5.41) is 4.46. The second-order valence-corrected chi connectivity index (χ2v) is 13.9. The number of rotatable bonds is 6. The second-order valence-electron chi connectivity index (χ2n) is 13.9. The molecule has 0 N–H and O–H groups in total. The number of aromatic nitrogens is 5. The smallest absolute Gasteiger partial charge is 0.227 e. The Labute approximate surface area is 322 Å². The van der Waals surface area contributed by atoms with E-state index in [0.717, 1.165) is 72.0 Å². The van der Waals surface area contributed by atoms with Gasteiger partial charge in [-0.3, -0.25) is 0 Å². The Bertz CT molecular complexity index is 3240. The zero-order chi connectivity index (χ0) is 37.0. The van der Waals surface area contributed by atoms with Gasteiger partial charge in [0.1, 0.15) is 5.52 Å². The van der Waals surface area contributed by atoms with Crippen molar-refractivity contribution in [3.05, 3.63) is 188 Å². The molecule has 262 valence electrons. The van der Waals surface area contributed by atoms with E-state index in [1.54, 1.807) is 0 Å². The topological polar surface area (TPSA) is 69.6 Å². The first-order valence-corrected chi connectivity index (χ1v) is 18.6. The predicted octanol–water partition coefficient (Wildman–Crippen LogP) is 12.6. The van der Waals surface area contributed by atoms with Crippen molar-refractivity contribution in [2.75, 3.05) is 0 Å². The third-order valence-electron chi connectivity index (χ3n) is 10.5. The normalized spacial score (nSPS) is 11.6. The molecular weight excluding hydrogens is 687 g/mol. The maximum absolute atomic E-state index is 6.51. The van der Waals surface area contributed by atoms with Crippen molar-refractivity contribution in [2.45, 2.75) is 0 Å². The zero-order valence-electron chi connectivity index (χ0n) is 30.0. The molecule has 0 spiro atoms. The van der Waals surface area contributed by atoms with Gasteiger partial charge in [0.15, 0.2) is 23.1 Å². The summed E-state index contributed by atoms with van der Waals surface area (Å²) in [6.45, 7) is 0. The van der Waals surface area contributed by atoms with Crippen LogP contribution in [0.15, 0.2) is 192 Å². The maximum atomic E-state index is 6.51. The van der Waals surface area contributed by atoms with Crippen molar-refractivity contribution in [1.82, 2.24) is 24.5 Å². The monoisotopic (exact) mass is 717 g/mol. The van der Waals surface area contributed by atoms with Crippen molar-refractivity contribution in [3.63, 3.8) is 0 Å². The van der Waals surface area contributed by atoms with E-state index in [2.05, 4.69) is 120 Å². The molecule has 0 unspecified atom stereocenters. The predicted molar refractivity (Wildman–Crippen MR) is 226 cm³/mol. The van der Waals surface area contributed by atoms with Crippen LogP contribution in [0.2, 0.25) is 0 Å². The SMILES string of the molecule is c1ccc(-c2nc(-c3cccc(-c4cccc5ccc6nc(-c7ccccc7)oc6c45)c3)nc(-c3ccc4c5ccccc5n(-c5ccccc5)c4c3)n2)cc1. The number of benzene rings is 8. The quantitative estimate of drug-likeness (QED) is 0.171. The van der Waals surface area contributed by atoms with E-state index in [9.17, 15) is 0 Å². The van der Waals surface area contributed by atoms with Crippen molar-refractivity contribution in [3.8, 4) is 62.4 Å². The summed E-state index contributed by atoms with van der Waals surface area (Å²) in [4.78, 5) is 20.2. The first-order valence-electron chi connectivity index (χ1n) is 18.6. The Morgan fingerprint density at radius 3 is 1.79 bits per heavy atom. The maximum Gasteiger partial charge on any atom is 0.227 e. The van der Waals surface area contributed by atoms with Gasteiger partial charge in [-0.1, -0.05) is 140 Å². The first kappa shape index (κ1) is 31.8. The molecule has 0 saturated heterocycles. The van der Waals surface area contributed by atoms with E-state index in [-0.39, 0.29) is 0 Å². The molecule has 0 amide bonds. The summed E-state index contributed by atoms with van der Waals surface area (Å²) in [6.07, 6.45) is 0. The number of oxazole rings is 1. The van der Waals surface area contributed by atoms with Gasteiger partial charge in [-0.2, -0.15) is 0 Å². The molecule has 6 nitrogen and oxygen atoms in total. The van der Waals surface area contributed by atoms with Gasteiger partial charge in [0.05, 0.1) is 11.0 Å². The molecule has 0 atom stereocenters. The first-order chi connectivity index (χ1) is 27.7. The fraction of sp³-hybridized carbons (Fsp3) is 0. The number of para-hydroxylation sites is 2. The molecule has 0 saturated carbocycles. The third kappa shape index (κ3) is 5.35.